The summed E-state index contributed by atoms with van der Waals surface area (Å²) in [7, 11) is 1.62. The van der Waals surface area contributed by atoms with Crippen LogP contribution in [0.3, 0.4) is 0 Å². The summed E-state index contributed by atoms with van der Waals surface area (Å²) in [5, 5.41) is 0. The topological polar surface area (TPSA) is 54.0 Å². The Balaban J connectivity index is 2.19. The van der Waals surface area contributed by atoms with Gasteiger partial charge >= 0.3 is 5.97 Å². The lowest BCUT2D eigenvalue weighted by Gasteiger charge is -2.17. The molecule has 29 heavy (non-hydrogen) atoms. The van der Waals surface area contributed by atoms with Crippen LogP contribution in [-0.2, 0) is 20.7 Å². The molecule has 0 fully saturated rings. The Hall–Kier alpha value is -2.53. The van der Waals surface area contributed by atoms with E-state index in [0.29, 0.717) is 18.3 Å². The highest BCUT2D eigenvalue weighted by atomic mass is 16.7. The molecular weight excluding hydrogens is 368 g/mol. The van der Waals surface area contributed by atoms with Crippen molar-refractivity contribution in [1.82, 2.24) is 0 Å². The number of hydrogen-bond acceptors (Lipinski definition) is 5. The molecule has 0 spiro atoms. The lowest BCUT2D eigenvalue weighted by atomic mass is 9.93. The minimum atomic E-state index is -0.358. The average molecular weight is 401 g/mol. The summed E-state index contributed by atoms with van der Waals surface area (Å²) in [5.74, 6) is 1.54. The summed E-state index contributed by atoms with van der Waals surface area (Å²) in [6, 6.07) is 10.3. The zero-order valence-electron chi connectivity index (χ0n) is 18.3. The molecule has 2 aromatic rings. The molecule has 0 atom stereocenters. The van der Waals surface area contributed by atoms with E-state index in [-0.39, 0.29) is 19.4 Å². The van der Waals surface area contributed by atoms with Gasteiger partial charge < -0.3 is 18.9 Å². The van der Waals surface area contributed by atoms with Gasteiger partial charge in [-0.15, -0.1) is 0 Å². The van der Waals surface area contributed by atoms with Crippen molar-refractivity contribution in [3.05, 3.63) is 58.1 Å². The third-order valence-electron chi connectivity index (χ3n) is 4.74. The van der Waals surface area contributed by atoms with E-state index in [0.717, 1.165) is 23.3 Å². The van der Waals surface area contributed by atoms with Crippen LogP contribution in [0.5, 0.6) is 11.5 Å². The lowest BCUT2D eigenvalue weighted by molar-refractivity contribution is -0.145. The highest BCUT2D eigenvalue weighted by Crippen LogP contribution is 2.30. The van der Waals surface area contributed by atoms with Crippen LogP contribution in [-0.4, -0.2) is 33.1 Å². The molecule has 2 aromatic carbocycles. The second-order valence-corrected chi connectivity index (χ2v) is 7.38. The Morgan fingerprint density at radius 3 is 2.31 bits per heavy atom. The highest BCUT2D eigenvalue weighted by Gasteiger charge is 2.13. The van der Waals surface area contributed by atoms with Gasteiger partial charge in [0.2, 0.25) is 0 Å². The van der Waals surface area contributed by atoms with Crippen LogP contribution in [0.2, 0.25) is 0 Å². The van der Waals surface area contributed by atoms with Gasteiger partial charge in [0.1, 0.15) is 11.5 Å². The van der Waals surface area contributed by atoms with E-state index in [9.17, 15) is 4.79 Å². The molecule has 0 bridgehead atoms. The molecule has 158 valence electrons. The number of hydrogen-bond donors (Lipinski definition) is 0. The summed E-state index contributed by atoms with van der Waals surface area (Å²) >= 11 is 0. The molecule has 0 N–H and O–H groups in total. The van der Waals surface area contributed by atoms with Gasteiger partial charge in [0, 0.05) is 7.11 Å². The minimum absolute atomic E-state index is 0.0766. The summed E-state index contributed by atoms with van der Waals surface area (Å²) in [6.45, 7) is 10.7. The zero-order valence-corrected chi connectivity index (χ0v) is 18.3. The first-order chi connectivity index (χ1) is 13.8. The molecule has 0 aliphatic carbocycles. The van der Waals surface area contributed by atoms with E-state index in [4.69, 9.17) is 18.9 Å². The third-order valence-corrected chi connectivity index (χ3v) is 4.74. The van der Waals surface area contributed by atoms with Crippen molar-refractivity contribution in [2.45, 2.75) is 47.0 Å². The van der Waals surface area contributed by atoms with Gasteiger partial charge in [0.25, 0.3) is 0 Å². The summed E-state index contributed by atoms with van der Waals surface area (Å²) in [4.78, 5) is 11.5. The van der Waals surface area contributed by atoms with Crippen LogP contribution in [0, 0.1) is 13.8 Å². The van der Waals surface area contributed by atoms with Crippen molar-refractivity contribution in [2.24, 2.45) is 0 Å². The molecule has 0 saturated heterocycles. The first kappa shape index (κ1) is 22.8. The monoisotopic (exact) mass is 400 g/mol. The molecule has 0 radical (unpaired) electrons. The largest absolute Gasteiger partial charge is 0.482 e. The smallest absolute Gasteiger partial charge is 0.344 e. The predicted octanol–water partition coefficient (Wildman–Crippen LogP) is 4.94. The molecule has 5 nitrogen and oxygen atoms in total. The van der Waals surface area contributed by atoms with Gasteiger partial charge in [0.05, 0.1) is 6.61 Å². The molecule has 0 aromatic heterocycles. The van der Waals surface area contributed by atoms with E-state index in [1.807, 2.05) is 18.2 Å². The van der Waals surface area contributed by atoms with Crippen molar-refractivity contribution < 1.29 is 23.7 Å². The Morgan fingerprint density at radius 1 is 1.03 bits per heavy atom. The SMILES string of the molecule is CCOC(=O)COc1cc(C)c(Cc2ccc(OCOC)c(C(C)C)c2)c(C)c1. The maximum absolute atomic E-state index is 11.5. The van der Waals surface area contributed by atoms with Gasteiger partial charge in [-0.25, -0.2) is 4.79 Å². The molecule has 0 aliphatic heterocycles. The first-order valence-corrected chi connectivity index (χ1v) is 9.98. The fourth-order valence-corrected chi connectivity index (χ4v) is 3.28. The van der Waals surface area contributed by atoms with E-state index in [1.54, 1.807) is 14.0 Å². The van der Waals surface area contributed by atoms with Gasteiger partial charge in [-0.3, -0.25) is 0 Å². The van der Waals surface area contributed by atoms with Gasteiger partial charge in [-0.05, 0) is 79.1 Å². The van der Waals surface area contributed by atoms with E-state index >= 15 is 0 Å². The van der Waals surface area contributed by atoms with Crippen LogP contribution in [0.15, 0.2) is 30.3 Å². The lowest BCUT2D eigenvalue weighted by Crippen LogP contribution is -2.14. The fourth-order valence-electron chi connectivity index (χ4n) is 3.28. The van der Waals surface area contributed by atoms with Crippen LogP contribution in [0.4, 0.5) is 0 Å². The predicted molar refractivity (Wildman–Crippen MR) is 114 cm³/mol. The van der Waals surface area contributed by atoms with Crippen molar-refractivity contribution in [3.8, 4) is 11.5 Å². The van der Waals surface area contributed by atoms with Gasteiger partial charge in [-0.2, -0.15) is 0 Å². The fraction of sp³-hybridized carbons (Fsp3) is 0.458. The highest BCUT2D eigenvalue weighted by molar-refractivity contribution is 5.71. The Bertz CT molecular complexity index is 803. The number of aryl methyl sites for hydroxylation is 2. The Labute approximate surface area is 173 Å². The van der Waals surface area contributed by atoms with Crippen molar-refractivity contribution in [1.29, 1.82) is 0 Å². The number of carbonyl (C=O) groups is 1. The zero-order chi connectivity index (χ0) is 21.4. The second kappa shape index (κ2) is 10.9. The molecule has 2 rings (SSSR count). The molecular formula is C24H32O5. The van der Waals surface area contributed by atoms with E-state index in [2.05, 4.69) is 39.8 Å². The van der Waals surface area contributed by atoms with Crippen LogP contribution >= 0.6 is 0 Å². The van der Waals surface area contributed by atoms with Gasteiger partial charge in [-0.1, -0.05) is 26.0 Å². The molecule has 0 saturated carbocycles. The molecule has 0 heterocycles. The summed E-state index contributed by atoms with van der Waals surface area (Å²) < 4.78 is 21.2. The third kappa shape index (κ3) is 6.50. The number of benzene rings is 2. The van der Waals surface area contributed by atoms with Crippen LogP contribution in [0.25, 0.3) is 0 Å². The maximum atomic E-state index is 11.5. The van der Waals surface area contributed by atoms with Crippen LogP contribution in [0.1, 0.15) is 54.5 Å². The number of rotatable bonds is 10. The van der Waals surface area contributed by atoms with Crippen molar-refractivity contribution >= 4 is 5.97 Å². The normalized spacial score (nSPS) is 10.9. The molecule has 0 aliphatic rings. The second-order valence-electron chi connectivity index (χ2n) is 7.38. The number of methoxy groups -OCH3 is 1. The Kier molecular flexibility index (Phi) is 8.52. The van der Waals surface area contributed by atoms with Gasteiger partial charge in [0.15, 0.2) is 13.4 Å². The Morgan fingerprint density at radius 2 is 1.72 bits per heavy atom. The van der Waals surface area contributed by atoms with Crippen LogP contribution < -0.4 is 9.47 Å². The molecule has 5 heteroatoms. The number of ether oxygens (including phenoxy) is 4. The standard InChI is InChI=1S/C24H32O5/c1-7-27-24(25)14-28-20-10-17(4)22(18(5)11-20)13-19-8-9-23(29-15-26-6)21(12-19)16(2)3/h8-12,16H,7,13-15H2,1-6H3. The summed E-state index contributed by atoms with van der Waals surface area (Å²) in [6.07, 6.45) is 0.820. The molecule has 0 amide bonds. The quantitative estimate of drug-likeness (QED) is 0.418. The van der Waals surface area contributed by atoms with Crippen molar-refractivity contribution in [3.63, 3.8) is 0 Å². The number of carbonyl (C=O) groups excluding carboxylic acids is 1. The van der Waals surface area contributed by atoms with Crippen molar-refractivity contribution in [2.75, 3.05) is 27.1 Å². The average Bonchev–Trinajstić information content (AvgIpc) is 2.68. The number of esters is 1. The maximum Gasteiger partial charge on any atom is 0.344 e. The summed E-state index contributed by atoms with van der Waals surface area (Å²) in [5.41, 5.74) is 5.92. The first-order valence-electron chi connectivity index (χ1n) is 9.98. The minimum Gasteiger partial charge on any atom is -0.482 e. The molecule has 0 unspecified atom stereocenters. The van der Waals surface area contributed by atoms with E-state index < -0.39 is 0 Å². The van der Waals surface area contributed by atoms with E-state index in [1.165, 1.54) is 16.7 Å².